The second-order valence-corrected chi connectivity index (χ2v) is 8.59. The Morgan fingerprint density at radius 2 is 1.82 bits per heavy atom. The van der Waals surface area contributed by atoms with Crippen LogP contribution in [0.3, 0.4) is 0 Å². The number of rotatable bonds is 12. The lowest BCUT2D eigenvalue weighted by Crippen LogP contribution is -2.40. The molecule has 0 saturated carbocycles. The van der Waals surface area contributed by atoms with E-state index >= 15 is 0 Å². The van der Waals surface area contributed by atoms with Crippen molar-refractivity contribution >= 4 is 0 Å². The average molecular weight is 462 g/mol. The minimum Gasteiger partial charge on any atom is -0.439 e. The van der Waals surface area contributed by atoms with Gasteiger partial charge in [-0.1, -0.05) is 48.7 Å². The number of para-hydroxylation sites is 1. The summed E-state index contributed by atoms with van der Waals surface area (Å²) in [5.74, 6) is 3.87. The first kappa shape index (κ1) is 25.5. The molecule has 180 valence electrons. The van der Waals surface area contributed by atoms with Crippen molar-refractivity contribution in [3.8, 4) is 29.7 Å². The number of ether oxygens (including phenoxy) is 2. The average Bonchev–Trinajstić information content (AvgIpc) is 3.15. The molecule has 0 aliphatic carbocycles. The van der Waals surface area contributed by atoms with E-state index in [1.807, 2.05) is 66.2 Å². The highest BCUT2D eigenvalue weighted by atomic mass is 16.5. The van der Waals surface area contributed by atoms with E-state index in [9.17, 15) is 5.11 Å². The molecule has 0 fully saturated rings. The number of aliphatic hydroxyl groups excluding tert-OH is 1. The van der Waals surface area contributed by atoms with Crippen molar-refractivity contribution in [1.82, 2.24) is 14.7 Å². The first-order valence-electron chi connectivity index (χ1n) is 11.7. The fraction of sp³-hybridized carbons (Fsp3) is 0.393. The van der Waals surface area contributed by atoms with E-state index in [0.29, 0.717) is 19.0 Å². The summed E-state index contributed by atoms with van der Waals surface area (Å²) in [4.78, 5) is 2.24. The smallest absolute Gasteiger partial charge is 0.227 e. The van der Waals surface area contributed by atoms with Crippen molar-refractivity contribution in [1.29, 1.82) is 0 Å². The zero-order chi connectivity index (χ0) is 24.5. The van der Waals surface area contributed by atoms with Gasteiger partial charge in [0.05, 0.1) is 29.7 Å². The minimum absolute atomic E-state index is 0.192. The van der Waals surface area contributed by atoms with Gasteiger partial charge in [0.25, 0.3) is 0 Å². The highest BCUT2D eigenvalue weighted by Gasteiger charge is 2.24. The van der Waals surface area contributed by atoms with Crippen LogP contribution in [0.4, 0.5) is 0 Å². The van der Waals surface area contributed by atoms with Crippen LogP contribution in [-0.2, 0) is 11.3 Å². The molecule has 3 aromatic rings. The number of aryl methyl sites for hydroxylation is 2. The van der Waals surface area contributed by atoms with Crippen LogP contribution in [0.25, 0.3) is 5.69 Å². The van der Waals surface area contributed by atoms with Crippen LogP contribution in [0, 0.1) is 26.2 Å². The van der Waals surface area contributed by atoms with Crippen molar-refractivity contribution < 1.29 is 14.6 Å². The molecular formula is C28H35N3O3. The number of aliphatic hydroxyl groups is 1. The summed E-state index contributed by atoms with van der Waals surface area (Å²) in [5, 5.41) is 15.4. The lowest BCUT2D eigenvalue weighted by Gasteiger charge is -2.30. The summed E-state index contributed by atoms with van der Waals surface area (Å²) in [6.07, 6.45) is 5.55. The van der Waals surface area contributed by atoms with Gasteiger partial charge in [-0.15, -0.1) is 6.42 Å². The first-order chi connectivity index (χ1) is 16.4. The molecule has 0 bridgehead atoms. The third kappa shape index (κ3) is 6.71. The van der Waals surface area contributed by atoms with Gasteiger partial charge in [0.1, 0.15) is 12.4 Å². The van der Waals surface area contributed by atoms with E-state index in [-0.39, 0.29) is 19.3 Å². The van der Waals surface area contributed by atoms with Gasteiger partial charge < -0.3 is 14.6 Å². The van der Waals surface area contributed by atoms with Crippen LogP contribution in [0.2, 0.25) is 0 Å². The lowest BCUT2D eigenvalue weighted by molar-refractivity contribution is 0.0168. The molecule has 0 spiro atoms. The molecule has 6 heteroatoms. The fourth-order valence-corrected chi connectivity index (χ4v) is 3.73. The Morgan fingerprint density at radius 1 is 1.12 bits per heavy atom. The third-order valence-electron chi connectivity index (χ3n) is 5.89. The molecule has 1 aromatic heterocycles. The molecular weight excluding hydrogens is 426 g/mol. The minimum atomic E-state index is -0.645. The fourth-order valence-electron chi connectivity index (χ4n) is 3.73. The van der Waals surface area contributed by atoms with Gasteiger partial charge >= 0.3 is 0 Å². The van der Waals surface area contributed by atoms with Gasteiger partial charge in [-0.2, -0.15) is 5.10 Å². The third-order valence-corrected chi connectivity index (χ3v) is 5.89. The van der Waals surface area contributed by atoms with Gasteiger partial charge in [-0.3, -0.25) is 4.90 Å². The van der Waals surface area contributed by atoms with Gasteiger partial charge in [-0.25, -0.2) is 4.68 Å². The van der Waals surface area contributed by atoms with Gasteiger partial charge in [0.15, 0.2) is 0 Å². The quantitative estimate of drug-likeness (QED) is 0.307. The summed E-state index contributed by atoms with van der Waals surface area (Å²) in [6, 6.07) is 18.2. The Kier molecular flexibility index (Phi) is 9.29. The van der Waals surface area contributed by atoms with E-state index in [1.54, 1.807) is 0 Å². The highest BCUT2D eigenvalue weighted by molar-refractivity contribution is 5.43. The molecule has 0 saturated heterocycles. The SMILES string of the molecule is C#CCOC[C@H](O)CN(Cc1c(C)nn(-c2ccccc2)c1Oc1ccc(C)cc1)[C@@H](C)CC. The van der Waals surface area contributed by atoms with Crippen LogP contribution in [0.5, 0.6) is 11.6 Å². The topological polar surface area (TPSA) is 59.8 Å². The molecule has 0 aliphatic rings. The summed E-state index contributed by atoms with van der Waals surface area (Å²) >= 11 is 0. The molecule has 0 aliphatic heterocycles. The van der Waals surface area contributed by atoms with Gasteiger partial charge in [0, 0.05) is 19.1 Å². The van der Waals surface area contributed by atoms with E-state index in [2.05, 4.69) is 31.6 Å². The van der Waals surface area contributed by atoms with Crippen molar-refractivity contribution in [2.75, 3.05) is 19.8 Å². The molecule has 2 atom stereocenters. The molecule has 0 amide bonds. The molecule has 6 nitrogen and oxygen atoms in total. The molecule has 3 rings (SSSR count). The van der Waals surface area contributed by atoms with Crippen LogP contribution < -0.4 is 4.74 Å². The Bertz CT molecular complexity index is 1070. The number of terminal acetylenes is 1. The Hall–Kier alpha value is -3.11. The van der Waals surface area contributed by atoms with E-state index in [1.165, 1.54) is 5.56 Å². The van der Waals surface area contributed by atoms with Crippen molar-refractivity contribution in [2.24, 2.45) is 0 Å². The van der Waals surface area contributed by atoms with Gasteiger partial charge in [-0.05, 0) is 51.5 Å². The molecule has 2 aromatic carbocycles. The van der Waals surface area contributed by atoms with Crippen LogP contribution >= 0.6 is 0 Å². The zero-order valence-corrected chi connectivity index (χ0v) is 20.6. The second kappa shape index (κ2) is 12.4. The normalized spacial score (nSPS) is 13.0. The largest absolute Gasteiger partial charge is 0.439 e. The van der Waals surface area contributed by atoms with Crippen LogP contribution in [0.15, 0.2) is 54.6 Å². The summed E-state index contributed by atoms with van der Waals surface area (Å²) in [6.45, 7) is 9.79. The zero-order valence-electron chi connectivity index (χ0n) is 20.6. The Morgan fingerprint density at radius 3 is 2.47 bits per heavy atom. The predicted octanol–water partition coefficient (Wildman–Crippen LogP) is 4.89. The van der Waals surface area contributed by atoms with Crippen LogP contribution in [0.1, 0.15) is 37.1 Å². The number of benzene rings is 2. The van der Waals surface area contributed by atoms with Gasteiger partial charge in [0.2, 0.25) is 5.88 Å². The van der Waals surface area contributed by atoms with Crippen molar-refractivity contribution in [3.63, 3.8) is 0 Å². The maximum absolute atomic E-state index is 10.6. The Balaban J connectivity index is 1.95. The summed E-state index contributed by atoms with van der Waals surface area (Å²) in [7, 11) is 0. The summed E-state index contributed by atoms with van der Waals surface area (Å²) in [5.41, 5.74) is 3.97. The molecule has 0 unspecified atom stereocenters. The Labute approximate surface area is 203 Å². The van der Waals surface area contributed by atoms with E-state index in [4.69, 9.17) is 21.0 Å². The lowest BCUT2D eigenvalue weighted by atomic mass is 10.1. The number of hydrogen-bond acceptors (Lipinski definition) is 5. The molecule has 1 N–H and O–H groups in total. The maximum atomic E-state index is 10.6. The van der Waals surface area contributed by atoms with Crippen molar-refractivity contribution in [2.45, 2.75) is 52.8 Å². The van der Waals surface area contributed by atoms with E-state index in [0.717, 1.165) is 29.1 Å². The van der Waals surface area contributed by atoms with Crippen molar-refractivity contribution in [3.05, 3.63) is 71.4 Å². The standard InChI is InChI=1S/C28H35N3O3/c1-6-17-33-20-25(32)18-30(22(4)7-2)19-27-23(5)29-31(24-11-9-8-10-12-24)28(27)34-26-15-13-21(3)14-16-26/h1,8-16,22,25,32H,7,17-20H2,2-5H3/t22-,25+/m0/s1. The molecule has 34 heavy (non-hydrogen) atoms. The predicted molar refractivity (Wildman–Crippen MR) is 135 cm³/mol. The first-order valence-corrected chi connectivity index (χ1v) is 11.7. The van der Waals surface area contributed by atoms with Crippen LogP contribution in [-0.4, -0.2) is 51.7 Å². The number of aromatic nitrogens is 2. The maximum Gasteiger partial charge on any atom is 0.227 e. The van der Waals surface area contributed by atoms with E-state index < -0.39 is 6.10 Å². The monoisotopic (exact) mass is 461 g/mol. The molecule has 0 radical (unpaired) electrons. The molecule has 1 heterocycles. The highest BCUT2D eigenvalue weighted by Crippen LogP contribution is 2.32. The second-order valence-electron chi connectivity index (χ2n) is 8.59. The number of nitrogens with zero attached hydrogens (tertiary/aromatic N) is 3. The number of hydrogen-bond donors (Lipinski definition) is 1. The summed E-state index contributed by atoms with van der Waals surface area (Å²) < 4.78 is 13.6.